The van der Waals surface area contributed by atoms with Gasteiger partial charge < -0.3 is 15.1 Å². The quantitative estimate of drug-likeness (QED) is 0.760. The molecule has 0 aromatic heterocycles. The van der Waals surface area contributed by atoms with Crippen LogP contribution < -0.4 is 0 Å². The van der Waals surface area contributed by atoms with Crippen LogP contribution in [0.15, 0.2) is 23.1 Å². The third-order valence-corrected chi connectivity index (χ3v) is 3.43. The molecule has 0 fully saturated rings. The van der Waals surface area contributed by atoms with Crippen molar-refractivity contribution in [2.24, 2.45) is 0 Å². The van der Waals surface area contributed by atoms with Crippen LogP contribution >= 0.6 is 11.8 Å². The molecule has 0 unspecified atom stereocenters. The van der Waals surface area contributed by atoms with Crippen molar-refractivity contribution in [2.45, 2.75) is 11.8 Å². The lowest BCUT2D eigenvalue weighted by molar-refractivity contribution is 0.0684. The van der Waals surface area contributed by atoms with Crippen molar-refractivity contribution in [2.75, 3.05) is 32.6 Å². The molecule has 0 heterocycles. The van der Waals surface area contributed by atoms with Gasteiger partial charge in [0.15, 0.2) is 0 Å². The standard InChI is InChI=1S/C13H19NO3S/c1-10-3-4-11(18-2)9-12(10)13(17)14(5-7-15)6-8-16/h3-4,9,15-16H,5-8H2,1-2H3. The normalized spacial score (nSPS) is 10.4. The molecule has 1 amide bonds. The van der Waals surface area contributed by atoms with Crippen LogP contribution in [0.3, 0.4) is 0 Å². The van der Waals surface area contributed by atoms with Gasteiger partial charge in [-0.05, 0) is 30.9 Å². The molecule has 0 spiro atoms. The zero-order valence-corrected chi connectivity index (χ0v) is 11.5. The van der Waals surface area contributed by atoms with Crippen LogP contribution in [0.1, 0.15) is 15.9 Å². The second kappa shape index (κ2) is 7.41. The molecule has 0 radical (unpaired) electrons. The van der Waals surface area contributed by atoms with E-state index in [1.807, 2.05) is 31.4 Å². The number of hydrogen-bond donors (Lipinski definition) is 2. The summed E-state index contributed by atoms with van der Waals surface area (Å²) >= 11 is 1.58. The lowest BCUT2D eigenvalue weighted by Crippen LogP contribution is -2.36. The number of aliphatic hydroxyl groups excluding tert-OH is 2. The molecule has 2 N–H and O–H groups in total. The van der Waals surface area contributed by atoms with Gasteiger partial charge in [-0.2, -0.15) is 0 Å². The number of carbonyl (C=O) groups excluding carboxylic acids is 1. The van der Waals surface area contributed by atoms with Crippen molar-refractivity contribution in [3.63, 3.8) is 0 Å². The van der Waals surface area contributed by atoms with E-state index in [1.54, 1.807) is 11.8 Å². The number of carbonyl (C=O) groups is 1. The Kier molecular flexibility index (Phi) is 6.18. The first kappa shape index (κ1) is 15.0. The highest BCUT2D eigenvalue weighted by molar-refractivity contribution is 7.98. The van der Waals surface area contributed by atoms with E-state index in [1.165, 1.54) is 4.90 Å². The molecule has 0 saturated heterocycles. The maximum absolute atomic E-state index is 12.3. The number of nitrogens with zero attached hydrogens (tertiary/aromatic N) is 1. The summed E-state index contributed by atoms with van der Waals surface area (Å²) in [5, 5.41) is 17.9. The molecule has 0 atom stereocenters. The molecule has 18 heavy (non-hydrogen) atoms. The van der Waals surface area contributed by atoms with Crippen LogP contribution in [0.4, 0.5) is 0 Å². The number of aryl methyl sites for hydroxylation is 1. The van der Waals surface area contributed by atoms with Crippen LogP contribution in [0.5, 0.6) is 0 Å². The van der Waals surface area contributed by atoms with Gasteiger partial charge in [0.05, 0.1) is 13.2 Å². The molecule has 0 saturated carbocycles. The predicted octanol–water partition coefficient (Wildman–Crippen LogP) is 1.14. The van der Waals surface area contributed by atoms with Crippen molar-refractivity contribution in [1.29, 1.82) is 0 Å². The highest BCUT2D eigenvalue weighted by Gasteiger charge is 2.17. The Morgan fingerprint density at radius 1 is 1.28 bits per heavy atom. The van der Waals surface area contributed by atoms with E-state index in [0.717, 1.165) is 10.5 Å². The van der Waals surface area contributed by atoms with E-state index in [2.05, 4.69) is 0 Å². The maximum atomic E-state index is 12.3. The van der Waals surface area contributed by atoms with E-state index in [-0.39, 0.29) is 32.2 Å². The Balaban J connectivity index is 2.99. The van der Waals surface area contributed by atoms with E-state index in [4.69, 9.17) is 10.2 Å². The minimum Gasteiger partial charge on any atom is -0.395 e. The topological polar surface area (TPSA) is 60.8 Å². The summed E-state index contributed by atoms with van der Waals surface area (Å²) < 4.78 is 0. The van der Waals surface area contributed by atoms with E-state index < -0.39 is 0 Å². The molecule has 0 bridgehead atoms. The van der Waals surface area contributed by atoms with Gasteiger partial charge in [-0.1, -0.05) is 6.07 Å². The second-order valence-corrected chi connectivity index (χ2v) is 4.80. The summed E-state index contributed by atoms with van der Waals surface area (Å²) in [7, 11) is 0. The minimum absolute atomic E-state index is 0.104. The average molecular weight is 269 g/mol. The lowest BCUT2D eigenvalue weighted by Gasteiger charge is -2.21. The molecule has 0 aliphatic heterocycles. The first-order chi connectivity index (χ1) is 8.63. The minimum atomic E-state index is -0.147. The summed E-state index contributed by atoms with van der Waals surface area (Å²) in [6.45, 7) is 2.15. The summed E-state index contributed by atoms with van der Waals surface area (Å²) in [5.74, 6) is -0.147. The van der Waals surface area contributed by atoms with Crippen LogP contribution in [-0.4, -0.2) is 53.6 Å². The van der Waals surface area contributed by atoms with E-state index in [9.17, 15) is 4.79 Å². The highest BCUT2D eigenvalue weighted by atomic mass is 32.2. The SMILES string of the molecule is CSc1ccc(C)c(C(=O)N(CCO)CCO)c1. The summed E-state index contributed by atoms with van der Waals surface area (Å²) in [4.78, 5) is 14.8. The number of rotatable bonds is 6. The van der Waals surface area contributed by atoms with Gasteiger partial charge in [-0.3, -0.25) is 4.79 Å². The number of hydrogen-bond acceptors (Lipinski definition) is 4. The van der Waals surface area contributed by atoms with E-state index >= 15 is 0 Å². The highest BCUT2D eigenvalue weighted by Crippen LogP contribution is 2.20. The Labute approximate surface area is 112 Å². The first-order valence-electron chi connectivity index (χ1n) is 5.79. The first-order valence-corrected chi connectivity index (χ1v) is 7.02. The van der Waals surface area contributed by atoms with Gasteiger partial charge in [0.2, 0.25) is 0 Å². The molecule has 100 valence electrons. The largest absolute Gasteiger partial charge is 0.395 e. The van der Waals surface area contributed by atoms with Gasteiger partial charge in [0.25, 0.3) is 5.91 Å². The molecule has 1 rings (SSSR count). The number of thioether (sulfide) groups is 1. The number of aliphatic hydroxyl groups is 2. The van der Waals surface area contributed by atoms with Crippen LogP contribution in [0.2, 0.25) is 0 Å². The van der Waals surface area contributed by atoms with Crippen molar-refractivity contribution < 1.29 is 15.0 Å². The lowest BCUT2D eigenvalue weighted by atomic mass is 10.1. The van der Waals surface area contributed by atoms with Gasteiger partial charge in [-0.25, -0.2) is 0 Å². The summed E-state index contributed by atoms with van der Waals surface area (Å²) in [6, 6.07) is 5.73. The molecule has 0 aliphatic rings. The third kappa shape index (κ3) is 3.73. The van der Waals surface area contributed by atoms with Crippen molar-refractivity contribution in [3.8, 4) is 0 Å². The van der Waals surface area contributed by atoms with Crippen molar-refractivity contribution >= 4 is 17.7 Å². The van der Waals surface area contributed by atoms with Crippen LogP contribution in [0.25, 0.3) is 0 Å². The number of amides is 1. The Morgan fingerprint density at radius 3 is 2.39 bits per heavy atom. The smallest absolute Gasteiger partial charge is 0.254 e. The fourth-order valence-corrected chi connectivity index (χ4v) is 2.12. The molecule has 4 nitrogen and oxygen atoms in total. The molecular formula is C13H19NO3S. The molecule has 1 aromatic carbocycles. The molecular weight excluding hydrogens is 250 g/mol. The number of benzene rings is 1. The second-order valence-electron chi connectivity index (χ2n) is 3.92. The van der Waals surface area contributed by atoms with Crippen LogP contribution in [0, 0.1) is 6.92 Å². The van der Waals surface area contributed by atoms with Gasteiger partial charge in [0.1, 0.15) is 0 Å². The zero-order valence-electron chi connectivity index (χ0n) is 10.7. The Morgan fingerprint density at radius 2 is 1.89 bits per heavy atom. The Bertz CT molecular complexity index is 403. The third-order valence-electron chi connectivity index (χ3n) is 2.70. The summed E-state index contributed by atoms with van der Waals surface area (Å²) in [6.07, 6.45) is 1.96. The van der Waals surface area contributed by atoms with Crippen molar-refractivity contribution in [3.05, 3.63) is 29.3 Å². The van der Waals surface area contributed by atoms with Gasteiger partial charge >= 0.3 is 0 Å². The monoisotopic (exact) mass is 269 g/mol. The fourth-order valence-electron chi connectivity index (χ4n) is 1.69. The maximum Gasteiger partial charge on any atom is 0.254 e. The fraction of sp³-hybridized carbons (Fsp3) is 0.462. The Hall–Kier alpha value is -1.04. The van der Waals surface area contributed by atoms with Crippen molar-refractivity contribution in [1.82, 2.24) is 4.90 Å². The van der Waals surface area contributed by atoms with E-state index in [0.29, 0.717) is 5.56 Å². The van der Waals surface area contributed by atoms with Gasteiger partial charge in [0, 0.05) is 23.5 Å². The molecule has 0 aliphatic carbocycles. The summed E-state index contributed by atoms with van der Waals surface area (Å²) in [5.41, 5.74) is 1.53. The van der Waals surface area contributed by atoms with Gasteiger partial charge in [-0.15, -0.1) is 11.8 Å². The van der Waals surface area contributed by atoms with Crippen LogP contribution in [-0.2, 0) is 0 Å². The molecule has 5 heteroatoms. The average Bonchev–Trinajstić information content (AvgIpc) is 2.38. The molecule has 1 aromatic rings. The predicted molar refractivity (Wildman–Crippen MR) is 73.0 cm³/mol. The zero-order chi connectivity index (χ0) is 13.5.